The van der Waals surface area contributed by atoms with Gasteiger partial charge in [-0.25, -0.2) is 9.97 Å². The van der Waals surface area contributed by atoms with Gasteiger partial charge in [0.25, 0.3) is 5.91 Å². The molecule has 2 aromatic carbocycles. The van der Waals surface area contributed by atoms with Crippen LogP contribution in [0.2, 0.25) is 5.02 Å². The van der Waals surface area contributed by atoms with Crippen LogP contribution in [0.25, 0.3) is 0 Å². The number of hydrogen-bond donors (Lipinski definition) is 2. The summed E-state index contributed by atoms with van der Waals surface area (Å²) in [5, 5.41) is 6.54. The van der Waals surface area contributed by atoms with Gasteiger partial charge in [0.2, 0.25) is 5.95 Å². The van der Waals surface area contributed by atoms with Gasteiger partial charge in [-0.15, -0.1) is 0 Å². The summed E-state index contributed by atoms with van der Waals surface area (Å²) in [7, 11) is 0. The van der Waals surface area contributed by atoms with Crippen LogP contribution in [0.3, 0.4) is 0 Å². The Bertz CT molecular complexity index is 881. The van der Waals surface area contributed by atoms with E-state index in [-0.39, 0.29) is 5.91 Å². The van der Waals surface area contributed by atoms with E-state index >= 15 is 0 Å². The third-order valence-electron chi connectivity index (χ3n) is 3.70. The first-order valence-electron chi connectivity index (χ1n) is 7.79. The summed E-state index contributed by atoms with van der Waals surface area (Å²) >= 11 is 5.94. The topological polar surface area (TPSA) is 66.9 Å². The number of benzene rings is 2. The third kappa shape index (κ3) is 4.55. The Morgan fingerprint density at radius 2 is 1.84 bits per heavy atom. The summed E-state index contributed by atoms with van der Waals surface area (Å²) < 4.78 is 0. The van der Waals surface area contributed by atoms with Gasteiger partial charge in [0, 0.05) is 29.6 Å². The standard InChI is InChI=1S/C19H17ClN4O/c1-13-5-2-3-6-14(13)10-21-18(25)15-11-22-19(23-12-15)24-17-8-4-7-16(20)9-17/h2-9,11-12H,10H2,1H3,(H,21,25)(H,22,23,24). The minimum atomic E-state index is -0.211. The van der Waals surface area contributed by atoms with Crippen molar-refractivity contribution >= 4 is 29.1 Å². The van der Waals surface area contributed by atoms with Gasteiger partial charge in [0.05, 0.1) is 5.56 Å². The number of anilines is 2. The van der Waals surface area contributed by atoms with E-state index < -0.39 is 0 Å². The van der Waals surface area contributed by atoms with Crippen molar-refractivity contribution in [1.82, 2.24) is 15.3 Å². The Kier molecular flexibility index (Phi) is 5.26. The highest BCUT2D eigenvalue weighted by Gasteiger charge is 2.08. The Morgan fingerprint density at radius 3 is 2.56 bits per heavy atom. The molecular formula is C19H17ClN4O. The number of amides is 1. The maximum absolute atomic E-state index is 12.2. The second kappa shape index (κ2) is 7.77. The molecule has 2 N–H and O–H groups in total. The normalized spacial score (nSPS) is 10.3. The van der Waals surface area contributed by atoms with E-state index in [1.54, 1.807) is 12.1 Å². The van der Waals surface area contributed by atoms with Gasteiger partial charge in [0.15, 0.2) is 0 Å². The number of aryl methyl sites for hydroxylation is 1. The molecule has 0 saturated heterocycles. The first-order chi connectivity index (χ1) is 12.1. The highest BCUT2D eigenvalue weighted by molar-refractivity contribution is 6.30. The molecule has 0 aliphatic carbocycles. The predicted molar refractivity (Wildman–Crippen MR) is 99.1 cm³/mol. The van der Waals surface area contributed by atoms with E-state index in [9.17, 15) is 4.79 Å². The fourth-order valence-corrected chi connectivity index (χ4v) is 2.48. The summed E-state index contributed by atoms with van der Waals surface area (Å²) in [6, 6.07) is 15.2. The summed E-state index contributed by atoms with van der Waals surface area (Å²) in [5.74, 6) is 0.190. The highest BCUT2D eigenvalue weighted by Crippen LogP contribution is 2.17. The van der Waals surface area contributed by atoms with Crippen LogP contribution in [0.1, 0.15) is 21.5 Å². The van der Waals surface area contributed by atoms with Crippen LogP contribution in [-0.4, -0.2) is 15.9 Å². The van der Waals surface area contributed by atoms with Gasteiger partial charge in [0.1, 0.15) is 0 Å². The number of halogens is 1. The minimum Gasteiger partial charge on any atom is -0.348 e. The molecule has 3 aromatic rings. The zero-order chi connectivity index (χ0) is 17.6. The van der Waals surface area contributed by atoms with Gasteiger partial charge in [-0.2, -0.15) is 0 Å². The van der Waals surface area contributed by atoms with Crippen molar-refractivity contribution in [2.24, 2.45) is 0 Å². The SMILES string of the molecule is Cc1ccccc1CNC(=O)c1cnc(Nc2cccc(Cl)c2)nc1. The van der Waals surface area contributed by atoms with Crippen LogP contribution in [0.5, 0.6) is 0 Å². The maximum Gasteiger partial charge on any atom is 0.254 e. The molecule has 1 heterocycles. The lowest BCUT2D eigenvalue weighted by Gasteiger charge is -2.08. The molecule has 0 unspecified atom stereocenters. The number of hydrogen-bond acceptors (Lipinski definition) is 4. The molecule has 0 radical (unpaired) electrons. The van der Waals surface area contributed by atoms with Crippen molar-refractivity contribution in [1.29, 1.82) is 0 Å². The lowest BCUT2D eigenvalue weighted by Crippen LogP contribution is -2.23. The highest BCUT2D eigenvalue weighted by atomic mass is 35.5. The smallest absolute Gasteiger partial charge is 0.254 e. The molecule has 1 amide bonds. The lowest BCUT2D eigenvalue weighted by molar-refractivity contribution is 0.0950. The molecule has 0 fully saturated rings. The van der Waals surface area contributed by atoms with E-state index in [4.69, 9.17) is 11.6 Å². The summed E-state index contributed by atoms with van der Waals surface area (Å²) in [6.07, 6.45) is 2.99. The molecule has 6 heteroatoms. The predicted octanol–water partition coefficient (Wildman–Crippen LogP) is 4.11. The fourth-order valence-electron chi connectivity index (χ4n) is 2.29. The van der Waals surface area contributed by atoms with E-state index in [2.05, 4.69) is 20.6 Å². The molecule has 0 bridgehead atoms. The molecule has 0 atom stereocenters. The van der Waals surface area contributed by atoms with Gasteiger partial charge in [-0.1, -0.05) is 41.9 Å². The molecular weight excluding hydrogens is 336 g/mol. The molecule has 0 spiro atoms. The van der Waals surface area contributed by atoms with Crippen LogP contribution in [-0.2, 0) is 6.54 Å². The number of nitrogens with zero attached hydrogens (tertiary/aromatic N) is 2. The van der Waals surface area contributed by atoms with E-state index in [1.165, 1.54) is 12.4 Å². The number of carbonyl (C=O) groups excluding carboxylic acids is 1. The molecule has 5 nitrogen and oxygen atoms in total. The van der Waals surface area contributed by atoms with Gasteiger partial charge in [-0.3, -0.25) is 4.79 Å². The average molecular weight is 353 g/mol. The molecule has 0 aliphatic rings. The largest absolute Gasteiger partial charge is 0.348 e. The van der Waals surface area contributed by atoms with Crippen molar-refractivity contribution in [2.75, 3.05) is 5.32 Å². The second-order valence-electron chi connectivity index (χ2n) is 5.54. The zero-order valence-corrected chi connectivity index (χ0v) is 14.4. The Labute approximate surface area is 151 Å². The average Bonchev–Trinajstić information content (AvgIpc) is 2.61. The van der Waals surface area contributed by atoms with Crippen LogP contribution in [0, 0.1) is 6.92 Å². The first kappa shape index (κ1) is 16.9. The number of rotatable bonds is 5. The summed E-state index contributed by atoms with van der Waals surface area (Å²) in [4.78, 5) is 20.6. The molecule has 0 saturated carbocycles. The van der Waals surface area contributed by atoms with Crippen molar-refractivity contribution < 1.29 is 4.79 Å². The molecule has 25 heavy (non-hydrogen) atoms. The van der Waals surface area contributed by atoms with Crippen LogP contribution in [0.4, 0.5) is 11.6 Å². The summed E-state index contributed by atoms with van der Waals surface area (Å²) in [6.45, 7) is 2.48. The third-order valence-corrected chi connectivity index (χ3v) is 3.93. The molecule has 1 aromatic heterocycles. The number of nitrogens with one attached hydrogen (secondary N) is 2. The summed E-state index contributed by atoms with van der Waals surface area (Å²) in [5.41, 5.74) is 3.41. The monoisotopic (exact) mass is 352 g/mol. The zero-order valence-electron chi connectivity index (χ0n) is 13.7. The quantitative estimate of drug-likeness (QED) is 0.725. The Balaban J connectivity index is 1.61. The van der Waals surface area contributed by atoms with Crippen LogP contribution >= 0.6 is 11.6 Å². The van der Waals surface area contributed by atoms with Crippen molar-refractivity contribution in [3.8, 4) is 0 Å². The van der Waals surface area contributed by atoms with E-state index in [0.29, 0.717) is 23.1 Å². The van der Waals surface area contributed by atoms with Crippen LogP contribution in [0.15, 0.2) is 60.9 Å². The fraction of sp³-hybridized carbons (Fsp3) is 0.105. The van der Waals surface area contributed by atoms with Gasteiger partial charge in [-0.05, 0) is 36.2 Å². The van der Waals surface area contributed by atoms with Crippen molar-refractivity contribution in [3.05, 3.63) is 82.6 Å². The van der Waals surface area contributed by atoms with E-state index in [0.717, 1.165) is 16.8 Å². The van der Waals surface area contributed by atoms with Crippen molar-refractivity contribution in [2.45, 2.75) is 13.5 Å². The number of aromatic nitrogens is 2. The van der Waals surface area contributed by atoms with Crippen molar-refractivity contribution in [3.63, 3.8) is 0 Å². The minimum absolute atomic E-state index is 0.211. The molecule has 126 valence electrons. The lowest BCUT2D eigenvalue weighted by atomic mass is 10.1. The molecule has 3 rings (SSSR count). The van der Waals surface area contributed by atoms with Crippen LogP contribution < -0.4 is 10.6 Å². The Hall–Kier alpha value is -2.92. The van der Waals surface area contributed by atoms with Gasteiger partial charge < -0.3 is 10.6 Å². The molecule has 0 aliphatic heterocycles. The first-order valence-corrected chi connectivity index (χ1v) is 8.17. The second-order valence-corrected chi connectivity index (χ2v) is 5.98. The maximum atomic E-state index is 12.2. The van der Waals surface area contributed by atoms with E-state index in [1.807, 2.05) is 43.3 Å². The van der Waals surface area contributed by atoms with Gasteiger partial charge >= 0.3 is 0 Å². The Morgan fingerprint density at radius 1 is 1.08 bits per heavy atom. The number of carbonyl (C=O) groups is 1.